The van der Waals surface area contributed by atoms with Crippen molar-refractivity contribution in [1.82, 2.24) is 15.0 Å². The van der Waals surface area contributed by atoms with Crippen molar-refractivity contribution in [3.63, 3.8) is 0 Å². The van der Waals surface area contributed by atoms with Crippen LogP contribution in [0.1, 0.15) is 52.1 Å². The molecule has 0 spiro atoms. The summed E-state index contributed by atoms with van der Waals surface area (Å²) in [6.45, 7) is 9.54. The van der Waals surface area contributed by atoms with Gasteiger partial charge in [-0.3, -0.25) is 14.6 Å². The zero-order valence-corrected chi connectivity index (χ0v) is 18.7. The number of amides is 1. The molecule has 1 aliphatic heterocycles. The summed E-state index contributed by atoms with van der Waals surface area (Å²) in [5, 5.41) is 8.60. The van der Waals surface area contributed by atoms with Gasteiger partial charge in [-0.1, -0.05) is 23.7 Å². The Morgan fingerprint density at radius 1 is 1.33 bits per heavy atom. The van der Waals surface area contributed by atoms with E-state index in [2.05, 4.69) is 20.6 Å². The molecule has 1 fully saturated rings. The number of piperidine rings is 1. The predicted octanol–water partition coefficient (Wildman–Crippen LogP) is 4.68. The van der Waals surface area contributed by atoms with Crippen molar-refractivity contribution in [2.24, 2.45) is 5.92 Å². The molecule has 0 aliphatic carbocycles. The van der Waals surface area contributed by atoms with Gasteiger partial charge in [0.25, 0.3) is 0 Å². The first-order chi connectivity index (χ1) is 14.2. The van der Waals surface area contributed by atoms with E-state index < -0.39 is 0 Å². The first-order valence-corrected chi connectivity index (χ1v) is 10.7. The highest BCUT2D eigenvalue weighted by Gasteiger charge is 2.29. The number of nitrogens with one attached hydrogen (secondary N) is 2. The van der Waals surface area contributed by atoms with Gasteiger partial charge in [-0.2, -0.15) is 5.06 Å². The number of rotatable bonds is 6. The van der Waals surface area contributed by atoms with Gasteiger partial charge in [0, 0.05) is 18.8 Å². The number of aromatic nitrogens is 2. The first kappa shape index (κ1) is 22.5. The van der Waals surface area contributed by atoms with Crippen LogP contribution in [0.5, 0.6) is 0 Å². The van der Waals surface area contributed by atoms with Gasteiger partial charge in [0.1, 0.15) is 11.0 Å². The van der Waals surface area contributed by atoms with Crippen molar-refractivity contribution in [3.05, 3.63) is 47.4 Å². The van der Waals surface area contributed by atoms with Crippen molar-refractivity contribution in [2.75, 3.05) is 23.7 Å². The van der Waals surface area contributed by atoms with Crippen molar-refractivity contribution in [1.29, 1.82) is 0 Å². The third-order valence-corrected chi connectivity index (χ3v) is 4.96. The van der Waals surface area contributed by atoms with Gasteiger partial charge in [0.15, 0.2) is 0 Å². The summed E-state index contributed by atoms with van der Waals surface area (Å²) in [6, 6.07) is 7.78. The minimum Gasteiger partial charge on any atom is -0.362 e. The molecule has 162 valence electrons. The van der Waals surface area contributed by atoms with Crippen molar-refractivity contribution >= 4 is 29.0 Å². The largest absolute Gasteiger partial charge is 0.362 e. The average molecular weight is 432 g/mol. The normalized spacial score (nSPS) is 18.6. The second-order valence-electron chi connectivity index (χ2n) is 8.64. The fraction of sp³-hybridized carbons (Fsp3) is 0.500. The molecule has 8 heteroatoms. The van der Waals surface area contributed by atoms with E-state index in [-0.39, 0.29) is 23.5 Å². The second kappa shape index (κ2) is 9.73. The van der Waals surface area contributed by atoms with E-state index in [4.69, 9.17) is 16.4 Å². The lowest BCUT2D eigenvalue weighted by molar-refractivity contribution is -0.240. The Morgan fingerprint density at radius 3 is 2.87 bits per heavy atom. The van der Waals surface area contributed by atoms with Crippen LogP contribution in [0.2, 0.25) is 5.15 Å². The van der Waals surface area contributed by atoms with Crippen molar-refractivity contribution in [2.45, 2.75) is 52.2 Å². The minimum atomic E-state index is -0.261. The van der Waals surface area contributed by atoms with E-state index in [1.807, 2.05) is 57.0 Å². The van der Waals surface area contributed by atoms with Crippen LogP contribution < -0.4 is 10.6 Å². The smallest absolute Gasteiger partial charge is 0.228 e. The molecule has 2 heterocycles. The summed E-state index contributed by atoms with van der Waals surface area (Å²) in [5.41, 5.74) is 1.54. The number of hydroxylamine groups is 2. The minimum absolute atomic E-state index is 0.0238. The Labute approximate surface area is 183 Å². The summed E-state index contributed by atoms with van der Waals surface area (Å²) in [6.07, 6.45) is 4.92. The first-order valence-electron chi connectivity index (χ1n) is 10.3. The molecule has 0 bridgehead atoms. The van der Waals surface area contributed by atoms with Crippen LogP contribution in [0.4, 0.5) is 11.5 Å². The number of nitrogens with zero attached hydrogens (tertiary/aromatic N) is 3. The maximum atomic E-state index is 12.8. The van der Waals surface area contributed by atoms with Crippen LogP contribution in [-0.4, -0.2) is 39.6 Å². The van der Waals surface area contributed by atoms with Gasteiger partial charge in [-0.15, -0.1) is 0 Å². The Hall–Kier alpha value is -2.22. The Bertz CT molecular complexity index is 871. The Morgan fingerprint density at radius 2 is 2.13 bits per heavy atom. The molecule has 30 heavy (non-hydrogen) atoms. The third kappa shape index (κ3) is 6.65. The van der Waals surface area contributed by atoms with E-state index in [1.54, 1.807) is 6.20 Å². The van der Waals surface area contributed by atoms with E-state index in [1.165, 1.54) is 6.20 Å². The summed E-state index contributed by atoms with van der Waals surface area (Å²) in [4.78, 5) is 27.0. The van der Waals surface area contributed by atoms with Gasteiger partial charge >= 0.3 is 0 Å². The molecule has 1 aromatic heterocycles. The van der Waals surface area contributed by atoms with E-state index in [0.717, 1.165) is 30.6 Å². The van der Waals surface area contributed by atoms with Crippen LogP contribution in [0.25, 0.3) is 0 Å². The zero-order valence-electron chi connectivity index (χ0n) is 18.0. The van der Waals surface area contributed by atoms with Crippen LogP contribution in [0.15, 0.2) is 36.7 Å². The Kier molecular flexibility index (Phi) is 7.28. The third-order valence-electron chi connectivity index (χ3n) is 4.78. The number of carbonyl (C=O) groups is 1. The van der Waals surface area contributed by atoms with E-state index in [9.17, 15) is 4.79 Å². The number of anilines is 2. The lowest BCUT2D eigenvalue weighted by atomic mass is 9.98. The maximum Gasteiger partial charge on any atom is 0.228 e. The summed E-state index contributed by atoms with van der Waals surface area (Å²) < 4.78 is 0. The fourth-order valence-corrected chi connectivity index (χ4v) is 3.62. The van der Waals surface area contributed by atoms with Crippen LogP contribution in [-0.2, 0) is 9.63 Å². The standard InChI is InChI=1S/C22H30ClN5O2/c1-15(25-20-13-24-12-19(23)27-20)16-7-5-9-18(11-16)26-21(29)17-8-6-10-28(14-17)30-22(2,3)4/h5,7,9,11-13,15,17H,6,8,10,14H2,1-4H3,(H,25,27)(H,26,29)/t15-,17?/m0/s1. The van der Waals surface area contributed by atoms with Gasteiger partial charge in [-0.25, -0.2) is 4.98 Å². The summed E-state index contributed by atoms with van der Waals surface area (Å²) in [5.74, 6) is 0.531. The molecule has 1 unspecified atom stereocenters. The number of halogens is 1. The molecule has 1 saturated heterocycles. The molecule has 2 atom stereocenters. The molecule has 2 aromatic rings. The average Bonchev–Trinajstić information content (AvgIpc) is 2.67. The number of hydrogen-bond donors (Lipinski definition) is 2. The molecule has 1 amide bonds. The quantitative estimate of drug-likeness (QED) is 0.691. The molecular formula is C22H30ClN5O2. The molecular weight excluding hydrogens is 402 g/mol. The van der Waals surface area contributed by atoms with Crippen LogP contribution in [0, 0.1) is 5.92 Å². The molecule has 2 N–H and O–H groups in total. The van der Waals surface area contributed by atoms with Gasteiger partial charge in [-0.05, 0) is 58.2 Å². The Balaban J connectivity index is 1.61. The fourth-order valence-electron chi connectivity index (χ4n) is 3.47. The van der Waals surface area contributed by atoms with Crippen molar-refractivity contribution < 1.29 is 9.63 Å². The molecule has 3 rings (SSSR count). The molecule has 1 aromatic carbocycles. The number of hydrogen-bond acceptors (Lipinski definition) is 6. The van der Waals surface area contributed by atoms with Crippen LogP contribution >= 0.6 is 11.6 Å². The highest BCUT2D eigenvalue weighted by molar-refractivity contribution is 6.29. The molecule has 0 radical (unpaired) electrons. The lowest BCUT2D eigenvalue weighted by Crippen LogP contribution is -2.44. The summed E-state index contributed by atoms with van der Waals surface area (Å²) >= 11 is 5.90. The van der Waals surface area contributed by atoms with Gasteiger partial charge < -0.3 is 10.6 Å². The molecule has 7 nitrogen and oxygen atoms in total. The molecule has 0 saturated carbocycles. The number of carbonyl (C=O) groups excluding carboxylic acids is 1. The maximum absolute atomic E-state index is 12.8. The van der Waals surface area contributed by atoms with Crippen molar-refractivity contribution in [3.8, 4) is 0 Å². The monoisotopic (exact) mass is 431 g/mol. The topological polar surface area (TPSA) is 79.4 Å². The predicted molar refractivity (Wildman–Crippen MR) is 119 cm³/mol. The second-order valence-corrected chi connectivity index (χ2v) is 9.03. The SMILES string of the molecule is C[C@H](Nc1cncc(Cl)n1)c1cccc(NC(=O)C2CCCN(OC(C)(C)C)C2)c1. The number of benzene rings is 1. The molecule has 1 aliphatic rings. The van der Waals surface area contributed by atoms with E-state index >= 15 is 0 Å². The van der Waals surface area contributed by atoms with E-state index in [0.29, 0.717) is 17.5 Å². The lowest BCUT2D eigenvalue weighted by Gasteiger charge is -2.35. The highest BCUT2D eigenvalue weighted by Crippen LogP contribution is 2.24. The summed E-state index contributed by atoms with van der Waals surface area (Å²) in [7, 11) is 0. The highest BCUT2D eigenvalue weighted by atomic mass is 35.5. The van der Waals surface area contributed by atoms with Crippen LogP contribution in [0.3, 0.4) is 0 Å². The zero-order chi connectivity index (χ0) is 21.7. The van der Waals surface area contributed by atoms with Gasteiger partial charge in [0.05, 0.1) is 30.0 Å². The van der Waals surface area contributed by atoms with Gasteiger partial charge in [0.2, 0.25) is 5.91 Å².